The van der Waals surface area contributed by atoms with Crippen molar-refractivity contribution >= 4 is 21.8 Å². The lowest BCUT2D eigenvalue weighted by Gasteiger charge is -2.33. The van der Waals surface area contributed by atoms with Gasteiger partial charge in [0, 0.05) is 17.6 Å². The number of nitrogens with one attached hydrogen (secondary N) is 1. The second-order valence-corrected chi connectivity index (χ2v) is 11.6. The molecule has 3 aromatic rings. The Labute approximate surface area is 213 Å². The Balaban J connectivity index is 2.06. The molecule has 1 unspecified atom stereocenters. The lowest BCUT2D eigenvalue weighted by atomic mass is 10.0. The van der Waals surface area contributed by atoms with Crippen molar-refractivity contribution in [2.24, 2.45) is 5.73 Å². The van der Waals surface area contributed by atoms with Crippen LogP contribution in [0.25, 0.3) is 0 Å². The monoisotopic (exact) mass is 507 g/mol. The first-order valence-electron chi connectivity index (χ1n) is 11.8. The molecule has 0 aliphatic rings. The van der Waals surface area contributed by atoms with E-state index in [4.69, 9.17) is 5.73 Å². The Morgan fingerprint density at radius 3 is 1.89 bits per heavy atom. The van der Waals surface area contributed by atoms with Crippen LogP contribution in [0.15, 0.2) is 89.8 Å². The predicted octanol–water partition coefficient (Wildman–Crippen LogP) is 3.89. The zero-order chi connectivity index (χ0) is 26.3. The van der Waals surface area contributed by atoms with Crippen molar-refractivity contribution in [3.05, 3.63) is 102 Å². The SMILES string of the molecule is CC(C)(C)NC(=O)C(CCc1ccccc1)N(Cc1ccccc1)S(=O)(=O)c1ccc(C(N)=O)cc1. The largest absolute Gasteiger partial charge is 0.366 e. The van der Waals surface area contributed by atoms with Gasteiger partial charge in [-0.15, -0.1) is 0 Å². The summed E-state index contributed by atoms with van der Waals surface area (Å²) in [6.07, 6.45) is 0.807. The highest BCUT2D eigenvalue weighted by molar-refractivity contribution is 7.89. The normalized spacial score (nSPS) is 12.8. The lowest BCUT2D eigenvalue weighted by Crippen LogP contribution is -2.53. The summed E-state index contributed by atoms with van der Waals surface area (Å²) in [6, 6.07) is 23.3. The van der Waals surface area contributed by atoms with Crippen molar-refractivity contribution in [3.8, 4) is 0 Å². The quantitative estimate of drug-likeness (QED) is 0.434. The van der Waals surface area contributed by atoms with Crippen molar-refractivity contribution in [3.63, 3.8) is 0 Å². The molecule has 0 aromatic heterocycles. The summed E-state index contributed by atoms with van der Waals surface area (Å²) >= 11 is 0. The van der Waals surface area contributed by atoms with Gasteiger partial charge in [-0.25, -0.2) is 8.42 Å². The molecular formula is C28H33N3O4S. The van der Waals surface area contributed by atoms with E-state index >= 15 is 0 Å². The second kappa shape index (κ2) is 11.5. The number of rotatable bonds is 10. The third-order valence-electron chi connectivity index (χ3n) is 5.62. The van der Waals surface area contributed by atoms with Crippen LogP contribution in [0.3, 0.4) is 0 Å². The highest BCUT2D eigenvalue weighted by atomic mass is 32.2. The van der Waals surface area contributed by atoms with Gasteiger partial charge in [-0.1, -0.05) is 60.7 Å². The van der Waals surface area contributed by atoms with E-state index in [9.17, 15) is 18.0 Å². The maximum atomic E-state index is 14.0. The molecule has 0 fully saturated rings. The minimum absolute atomic E-state index is 0.0117. The molecular weight excluding hydrogens is 474 g/mol. The van der Waals surface area contributed by atoms with E-state index in [-0.39, 0.29) is 29.3 Å². The summed E-state index contributed by atoms with van der Waals surface area (Å²) in [5.41, 5.74) is 6.74. The summed E-state index contributed by atoms with van der Waals surface area (Å²) in [5, 5.41) is 2.96. The first-order valence-corrected chi connectivity index (χ1v) is 13.2. The number of sulfonamides is 1. The molecule has 0 aliphatic heterocycles. The van der Waals surface area contributed by atoms with Crippen molar-refractivity contribution in [1.82, 2.24) is 9.62 Å². The summed E-state index contributed by atoms with van der Waals surface area (Å²) < 4.78 is 29.2. The van der Waals surface area contributed by atoms with Crippen molar-refractivity contribution in [2.75, 3.05) is 0 Å². The van der Waals surface area contributed by atoms with Crippen LogP contribution in [-0.2, 0) is 27.8 Å². The second-order valence-electron chi connectivity index (χ2n) is 9.70. The average Bonchev–Trinajstić information content (AvgIpc) is 2.83. The zero-order valence-electron chi connectivity index (χ0n) is 20.8. The Kier molecular flexibility index (Phi) is 8.66. The summed E-state index contributed by atoms with van der Waals surface area (Å²) in [5.74, 6) is -1.02. The number of carbonyl (C=O) groups excluding carboxylic acids is 2. The summed E-state index contributed by atoms with van der Waals surface area (Å²) in [4.78, 5) is 25.0. The summed E-state index contributed by atoms with van der Waals surface area (Å²) in [6.45, 7) is 5.59. The number of hydrogen-bond donors (Lipinski definition) is 2. The van der Waals surface area contributed by atoms with E-state index in [0.29, 0.717) is 6.42 Å². The molecule has 0 radical (unpaired) electrons. The lowest BCUT2D eigenvalue weighted by molar-refractivity contribution is -0.126. The van der Waals surface area contributed by atoms with Crippen LogP contribution in [0.2, 0.25) is 0 Å². The van der Waals surface area contributed by atoms with E-state index in [1.54, 1.807) is 0 Å². The van der Waals surface area contributed by atoms with E-state index in [1.165, 1.54) is 28.6 Å². The number of carbonyl (C=O) groups is 2. The molecule has 190 valence electrons. The molecule has 7 nitrogen and oxygen atoms in total. The number of nitrogens with two attached hydrogens (primary N) is 1. The van der Waals surface area contributed by atoms with Gasteiger partial charge < -0.3 is 11.1 Å². The van der Waals surface area contributed by atoms with E-state index in [1.807, 2.05) is 81.4 Å². The fraction of sp³-hybridized carbons (Fsp3) is 0.286. The topological polar surface area (TPSA) is 110 Å². The third-order valence-corrected chi connectivity index (χ3v) is 7.49. The molecule has 3 N–H and O–H groups in total. The van der Waals surface area contributed by atoms with E-state index in [0.717, 1.165) is 11.1 Å². The number of aryl methyl sites for hydroxylation is 1. The summed E-state index contributed by atoms with van der Waals surface area (Å²) in [7, 11) is -4.13. The third kappa shape index (κ3) is 7.26. The average molecular weight is 508 g/mol. The van der Waals surface area contributed by atoms with Crippen LogP contribution in [0.1, 0.15) is 48.7 Å². The number of primary amides is 1. The first-order chi connectivity index (χ1) is 17.0. The minimum Gasteiger partial charge on any atom is -0.366 e. The first kappa shape index (κ1) is 27.1. The van der Waals surface area contributed by atoms with E-state index < -0.39 is 27.5 Å². The van der Waals surface area contributed by atoms with Gasteiger partial charge in [0.1, 0.15) is 6.04 Å². The van der Waals surface area contributed by atoms with Crippen LogP contribution in [-0.4, -0.2) is 36.1 Å². The molecule has 0 heterocycles. The Morgan fingerprint density at radius 1 is 0.861 bits per heavy atom. The smallest absolute Gasteiger partial charge is 0.248 e. The maximum absolute atomic E-state index is 14.0. The molecule has 3 rings (SSSR count). The fourth-order valence-corrected chi connectivity index (χ4v) is 5.47. The van der Waals surface area contributed by atoms with Gasteiger partial charge in [-0.3, -0.25) is 9.59 Å². The molecule has 0 bridgehead atoms. The Hall–Kier alpha value is -3.49. The fourth-order valence-electron chi connectivity index (χ4n) is 3.86. The highest BCUT2D eigenvalue weighted by Gasteiger charge is 2.37. The maximum Gasteiger partial charge on any atom is 0.248 e. The van der Waals surface area contributed by atoms with Crippen molar-refractivity contribution in [1.29, 1.82) is 0 Å². The molecule has 8 heteroatoms. The molecule has 0 aliphatic carbocycles. The van der Waals surface area contributed by atoms with Gasteiger partial charge in [0.25, 0.3) is 0 Å². The number of hydrogen-bond acceptors (Lipinski definition) is 4. The standard InChI is InChI=1S/C28H33N3O4S/c1-28(2,3)30-27(33)25(19-14-21-10-6-4-7-11-21)31(20-22-12-8-5-9-13-22)36(34,35)24-17-15-23(16-18-24)26(29)32/h4-13,15-18,25H,14,19-20H2,1-3H3,(H2,29,32)(H,30,33). The van der Waals surface area contributed by atoms with Crippen LogP contribution in [0.5, 0.6) is 0 Å². The molecule has 0 saturated heterocycles. The van der Waals surface area contributed by atoms with Gasteiger partial charge in [-0.2, -0.15) is 4.31 Å². The molecule has 36 heavy (non-hydrogen) atoms. The Morgan fingerprint density at radius 2 is 1.39 bits per heavy atom. The van der Waals surface area contributed by atoms with Crippen LogP contribution < -0.4 is 11.1 Å². The molecule has 0 spiro atoms. The molecule has 2 amide bonds. The Bertz CT molecular complexity index is 1270. The number of nitrogens with zero attached hydrogens (tertiary/aromatic N) is 1. The van der Waals surface area contributed by atoms with Crippen molar-refractivity contribution in [2.45, 2.75) is 56.6 Å². The van der Waals surface area contributed by atoms with E-state index in [2.05, 4.69) is 5.32 Å². The van der Waals surface area contributed by atoms with Crippen LogP contribution in [0, 0.1) is 0 Å². The van der Waals surface area contributed by atoms with Gasteiger partial charge >= 0.3 is 0 Å². The van der Waals surface area contributed by atoms with Crippen molar-refractivity contribution < 1.29 is 18.0 Å². The van der Waals surface area contributed by atoms with Gasteiger partial charge in [0.2, 0.25) is 21.8 Å². The minimum atomic E-state index is -4.13. The number of amides is 2. The predicted molar refractivity (Wildman–Crippen MR) is 141 cm³/mol. The molecule has 1 atom stereocenters. The van der Waals surface area contributed by atoms with Crippen LogP contribution in [0.4, 0.5) is 0 Å². The zero-order valence-corrected chi connectivity index (χ0v) is 21.7. The van der Waals surface area contributed by atoms with Gasteiger partial charge in [0.05, 0.1) is 4.90 Å². The van der Waals surface area contributed by atoms with Crippen LogP contribution >= 0.6 is 0 Å². The number of benzene rings is 3. The highest BCUT2D eigenvalue weighted by Crippen LogP contribution is 2.25. The molecule has 3 aromatic carbocycles. The van der Waals surface area contributed by atoms with Gasteiger partial charge in [0.15, 0.2) is 0 Å². The molecule has 0 saturated carbocycles. The van der Waals surface area contributed by atoms with Gasteiger partial charge in [-0.05, 0) is 69.0 Å².